The second-order valence-corrected chi connectivity index (χ2v) is 6.50. The maximum absolute atomic E-state index is 12.0. The highest BCUT2D eigenvalue weighted by atomic mass is 16.5. The fourth-order valence-corrected chi connectivity index (χ4v) is 3.61. The van der Waals surface area contributed by atoms with Gasteiger partial charge in [-0.05, 0) is 31.2 Å². The minimum absolute atomic E-state index is 0.112. The average molecular weight is 348 g/mol. The number of anilines is 1. The van der Waals surface area contributed by atoms with Crippen LogP contribution in [0, 0.1) is 6.92 Å². The number of hydrogen-bond acceptors (Lipinski definition) is 5. The molecular weight excluding hydrogens is 332 g/mol. The standard InChI is InChI=1S/C19H16N4O3/c1-10-17-11(9-16(24)21-19(17)26-22-10)14-7-8-15(25-14)18-20-12-5-3-4-6-13(12)23(18)2/h3-8,11H,9H2,1-2H3,(H,21,24). The first kappa shape index (κ1) is 14.9. The molecule has 5 rings (SSSR count). The molecule has 1 aliphatic rings. The van der Waals surface area contributed by atoms with E-state index in [0.29, 0.717) is 23.8 Å². The van der Waals surface area contributed by atoms with Crippen molar-refractivity contribution in [2.45, 2.75) is 19.3 Å². The average Bonchev–Trinajstić information content (AvgIpc) is 3.33. The van der Waals surface area contributed by atoms with Crippen LogP contribution >= 0.6 is 0 Å². The van der Waals surface area contributed by atoms with E-state index < -0.39 is 0 Å². The van der Waals surface area contributed by atoms with Crippen LogP contribution in [0.15, 0.2) is 45.3 Å². The number of para-hydroxylation sites is 2. The number of aromatic nitrogens is 3. The Morgan fingerprint density at radius 2 is 2.08 bits per heavy atom. The monoisotopic (exact) mass is 348 g/mol. The summed E-state index contributed by atoms with van der Waals surface area (Å²) in [4.78, 5) is 16.7. The van der Waals surface area contributed by atoms with Gasteiger partial charge in [0.15, 0.2) is 11.6 Å². The lowest BCUT2D eigenvalue weighted by molar-refractivity contribution is -0.116. The van der Waals surface area contributed by atoms with Gasteiger partial charge in [0.05, 0.1) is 28.2 Å². The van der Waals surface area contributed by atoms with Gasteiger partial charge in [-0.2, -0.15) is 0 Å². The molecule has 130 valence electrons. The molecule has 1 N–H and O–H groups in total. The molecule has 0 aliphatic carbocycles. The third kappa shape index (κ3) is 2.10. The maximum atomic E-state index is 12.0. The van der Waals surface area contributed by atoms with Gasteiger partial charge in [0.25, 0.3) is 0 Å². The number of furan rings is 1. The number of aryl methyl sites for hydroxylation is 2. The molecule has 1 amide bonds. The van der Waals surface area contributed by atoms with Crippen molar-refractivity contribution < 1.29 is 13.7 Å². The number of amides is 1. The number of hydrogen-bond donors (Lipinski definition) is 1. The van der Waals surface area contributed by atoms with E-state index >= 15 is 0 Å². The summed E-state index contributed by atoms with van der Waals surface area (Å²) in [5.74, 6) is 2.20. The Hall–Kier alpha value is -3.35. The molecule has 0 spiro atoms. The van der Waals surface area contributed by atoms with E-state index in [1.165, 1.54) is 0 Å². The van der Waals surface area contributed by atoms with Crippen molar-refractivity contribution in [3.05, 3.63) is 53.4 Å². The van der Waals surface area contributed by atoms with E-state index in [0.717, 1.165) is 28.1 Å². The van der Waals surface area contributed by atoms with E-state index in [4.69, 9.17) is 8.94 Å². The molecule has 7 nitrogen and oxygen atoms in total. The highest BCUT2D eigenvalue weighted by Crippen LogP contribution is 2.40. The van der Waals surface area contributed by atoms with Crippen LogP contribution in [0.1, 0.15) is 29.4 Å². The van der Waals surface area contributed by atoms with Gasteiger partial charge in [0, 0.05) is 13.5 Å². The Morgan fingerprint density at radius 3 is 2.92 bits per heavy atom. The SMILES string of the molecule is Cc1noc2c1C(c1ccc(-c3nc4ccccc4n3C)o1)CC(=O)N2. The van der Waals surface area contributed by atoms with Crippen LogP contribution in [0.4, 0.5) is 5.88 Å². The fourth-order valence-electron chi connectivity index (χ4n) is 3.61. The number of nitrogens with zero attached hydrogens (tertiary/aromatic N) is 3. The van der Waals surface area contributed by atoms with Crippen molar-refractivity contribution in [3.63, 3.8) is 0 Å². The second kappa shape index (κ2) is 5.32. The van der Waals surface area contributed by atoms with Gasteiger partial charge in [-0.3, -0.25) is 10.1 Å². The molecule has 0 fully saturated rings. The summed E-state index contributed by atoms with van der Waals surface area (Å²) >= 11 is 0. The van der Waals surface area contributed by atoms with Crippen LogP contribution in [0.3, 0.4) is 0 Å². The molecule has 1 atom stereocenters. The largest absolute Gasteiger partial charge is 0.457 e. The third-order valence-corrected chi connectivity index (χ3v) is 4.88. The summed E-state index contributed by atoms with van der Waals surface area (Å²) < 4.78 is 13.3. The highest BCUT2D eigenvalue weighted by molar-refractivity contribution is 5.93. The van der Waals surface area contributed by atoms with Crippen LogP contribution in [-0.4, -0.2) is 20.6 Å². The van der Waals surface area contributed by atoms with Crippen molar-refractivity contribution in [2.75, 3.05) is 5.32 Å². The summed E-state index contributed by atoms with van der Waals surface area (Å²) in [6.45, 7) is 1.86. The smallest absolute Gasteiger partial charge is 0.235 e. The number of nitrogens with one attached hydrogen (secondary N) is 1. The van der Waals surface area contributed by atoms with Gasteiger partial charge < -0.3 is 13.5 Å². The Labute approximate surface area is 148 Å². The molecule has 1 aliphatic heterocycles. The molecule has 4 aromatic rings. The molecule has 7 heteroatoms. The first-order chi connectivity index (χ1) is 12.6. The van der Waals surface area contributed by atoms with Crippen molar-refractivity contribution in [3.8, 4) is 11.6 Å². The number of carbonyl (C=O) groups excluding carboxylic acids is 1. The van der Waals surface area contributed by atoms with Gasteiger partial charge >= 0.3 is 0 Å². The van der Waals surface area contributed by atoms with E-state index in [9.17, 15) is 4.79 Å². The zero-order valence-corrected chi connectivity index (χ0v) is 14.3. The lowest BCUT2D eigenvalue weighted by Gasteiger charge is -2.19. The zero-order chi connectivity index (χ0) is 17.8. The number of fused-ring (bicyclic) bond motifs is 2. The molecule has 0 saturated carbocycles. The number of imidazole rings is 1. The maximum Gasteiger partial charge on any atom is 0.235 e. The van der Waals surface area contributed by atoms with Gasteiger partial charge in [-0.1, -0.05) is 17.3 Å². The van der Waals surface area contributed by atoms with Crippen LogP contribution in [0.5, 0.6) is 0 Å². The highest BCUT2D eigenvalue weighted by Gasteiger charge is 2.34. The molecule has 0 radical (unpaired) electrons. The second-order valence-electron chi connectivity index (χ2n) is 6.50. The minimum Gasteiger partial charge on any atom is -0.457 e. The van der Waals surface area contributed by atoms with Crippen LogP contribution in [-0.2, 0) is 11.8 Å². The number of rotatable bonds is 2. The van der Waals surface area contributed by atoms with E-state index in [1.54, 1.807) is 0 Å². The molecular formula is C19H16N4O3. The number of benzene rings is 1. The number of carbonyl (C=O) groups is 1. The molecule has 1 unspecified atom stereocenters. The molecule has 0 bridgehead atoms. The molecule has 3 aromatic heterocycles. The predicted octanol–water partition coefficient (Wildman–Crippen LogP) is 3.60. The Balaban J connectivity index is 1.59. The topological polar surface area (TPSA) is 86.1 Å². The molecule has 4 heterocycles. The first-order valence-electron chi connectivity index (χ1n) is 8.39. The van der Waals surface area contributed by atoms with E-state index in [1.807, 2.05) is 54.9 Å². The lowest BCUT2D eigenvalue weighted by Crippen LogP contribution is -2.22. The van der Waals surface area contributed by atoms with Gasteiger partial charge in [-0.15, -0.1) is 0 Å². The van der Waals surface area contributed by atoms with Crippen molar-refractivity contribution in [2.24, 2.45) is 7.05 Å². The van der Waals surface area contributed by atoms with Crippen LogP contribution < -0.4 is 5.32 Å². The summed E-state index contributed by atoms with van der Waals surface area (Å²) in [6.07, 6.45) is 0.296. The molecule has 26 heavy (non-hydrogen) atoms. The fraction of sp³-hybridized carbons (Fsp3) is 0.211. The van der Waals surface area contributed by atoms with Gasteiger partial charge in [0.1, 0.15) is 5.76 Å². The van der Waals surface area contributed by atoms with E-state index in [2.05, 4.69) is 15.5 Å². The zero-order valence-electron chi connectivity index (χ0n) is 14.3. The quantitative estimate of drug-likeness (QED) is 0.598. The summed E-state index contributed by atoms with van der Waals surface area (Å²) in [6, 6.07) is 11.7. The van der Waals surface area contributed by atoms with Crippen LogP contribution in [0.25, 0.3) is 22.6 Å². The predicted molar refractivity (Wildman–Crippen MR) is 94.7 cm³/mol. The Kier molecular flexibility index (Phi) is 3.06. The summed E-state index contributed by atoms with van der Waals surface area (Å²) in [5.41, 5.74) is 3.58. The Bertz CT molecular complexity index is 1150. The van der Waals surface area contributed by atoms with Crippen molar-refractivity contribution in [1.29, 1.82) is 0 Å². The Morgan fingerprint density at radius 1 is 1.23 bits per heavy atom. The molecule has 0 saturated heterocycles. The van der Waals surface area contributed by atoms with E-state index in [-0.39, 0.29) is 11.8 Å². The van der Waals surface area contributed by atoms with Crippen molar-refractivity contribution in [1.82, 2.24) is 14.7 Å². The lowest BCUT2D eigenvalue weighted by atomic mass is 9.90. The van der Waals surface area contributed by atoms with Crippen LogP contribution in [0.2, 0.25) is 0 Å². The normalized spacial score (nSPS) is 16.7. The summed E-state index contributed by atoms with van der Waals surface area (Å²) in [5, 5.41) is 6.69. The van der Waals surface area contributed by atoms with Crippen molar-refractivity contribution >= 4 is 22.8 Å². The minimum atomic E-state index is -0.214. The van der Waals surface area contributed by atoms with Gasteiger partial charge in [-0.25, -0.2) is 4.98 Å². The third-order valence-electron chi connectivity index (χ3n) is 4.88. The molecule has 1 aromatic carbocycles. The first-order valence-corrected chi connectivity index (χ1v) is 8.39. The summed E-state index contributed by atoms with van der Waals surface area (Å²) in [7, 11) is 1.96. The van der Waals surface area contributed by atoms with Gasteiger partial charge in [0.2, 0.25) is 11.8 Å².